The molecule has 3 aliphatic rings. The van der Waals surface area contributed by atoms with Crippen molar-refractivity contribution < 1.29 is 23.9 Å². The molecule has 0 radical (unpaired) electrons. The van der Waals surface area contributed by atoms with E-state index in [9.17, 15) is 14.4 Å². The minimum Gasteiger partial charge on any atom is -0.495 e. The first-order valence-corrected chi connectivity index (χ1v) is 10.2. The van der Waals surface area contributed by atoms with E-state index in [1.165, 1.54) is 7.11 Å². The van der Waals surface area contributed by atoms with E-state index >= 15 is 0 Å². The zero-order valence-electron chi connectivity index (χ0n) is 17.3. The van der Waals surface area contributed by atoms with Crippen LogP contribution in [0.5, 0.6) is 5.75 Å². The molecule has 3 amide bonds. The molecule has 0 aliphatic carbocycles. The molecule has 2 aromatic rings. The second-order valence-corrected chi connectivity index (χ2v) is 8.08. The molecule has 3 aliphatic heterocycles. The molecule has 0 bridgehead atoms. The van der Waals surface area contributed by atoms with Gasteiger partial charge in [-0.2, -0.15) is 0 Å². The first-order valence-electron chi connectivity index (χ1n) is 10.2. The lowest BCUT2D eigenvalue weighted by atomic mass is 9.67. The summed E-state index contributed by atoms with van der Waals surface area (Å²) in [6, 6.07) is 15.2. The fourth-order valence-corrected chi connectivity index (χ4v) is 5.35. The minimum absolute atomic E-state index is 0.269. The molecule has 8 heteroatoms. The third-order valence-electron chi connectivity index (χ3n) is 6.72. The van der Waals surface area contributed by atoms with Crippen LogP contribution in [0.4, 0.5) is 10.5 Å². The third-order valence-corrected chi connectivity index (χ3v) is 6.72. The summed E-state index contributed by atoms with van der Waals surface area (Å²) >= 11 is 0. The number of piperidine rings is 1. The molecule has 2 fully saturated rings. The molecule has 3 heterocycles. The van der Waals surface area contributed by atoms with Gasteiger partial charge in [-0.25, -0.2) is 9.69 Å². The van der Waals surface area contributed by atoms with Crippen LogP contribution in [0.2, 0.25) is 0 Å². The van der Waals surface area contributed by atoms with Crippen LogP contribution in [-0.4, -0.2) is 54.6 Å². The number of fused-ring (bicyclic) bond motifs is 1. The number of nitrogens with zero attached hydrogens (tertiary/aromatic N) is 2. The van der Waals surface area contributed by atoms with Crippen LogP contribution in [-0.2, 0) is 26.3 Å². The summed E-state index contributed by atoms with van der Waals surface area (Å²) in [5, 5.41) is 3.30. The predicted molar refractivity (Wildman–Crippen MR) is 111 cm³/mol. The molecular formula is C23H23N3O5. The number of anilines is 1. The van der Waals surface area contributed by atoms with Gasteiger partial charge in [0.25, 0.3) is 0 Å². The number of carbonyl (C=O) groups excluding carboxylic acids is 3. The van der Waals surface area contributed by atoms with E-state index in [4.69, 9.17) is 9.47 Å². The van der Waals surface area contributed by atoms with Crippen molar-refractivity contribution >= 4 is 23.6 Å². The van der Waals surface area contributed by atoms with E-state index < -0.39 is 29.5 Å². The van der Waals surface area contributed by atoms with Gasteiger partial charge >= 0.3 is 6.09 Å². The van der Waals surface area contributed by atoms with Crippen molar-refractivity contribution in [2.24, 2.45) is 5.92 Å². The van der Waals surface area contributed by atoms with E-state index in [-0.39, 0.29) is 5.91 Å². The van der Waals surface area contributed by atoms with E-state index in [0.717, 1.165) is 16.0 Å². The number of rotatable bonds is 3. The van der Waals surface area contributed by atoms with Crippen molar-refractivity contribution in [1.29, 1.82) is 0 Å². The molecule has 2 aromatic carbocycles. The Morgan fingerprint density at radius 2 is 1.87 bits per heavy atom. The molecule has 1 spiro atoms. The van der Waals surface area contributed by atoms with Crippen molar-refractivity contribution in [3.8, 4) is 5.75 Å². The van der Waals surface area contributed by atoms with Gasteiger partial charge < -0.3 is 19.7 Å². The number of para-hydroxylation sites is 1. The average molecular weight is 421 g/mol. The minimum atomic E-state index is -1.00. The van der Waals surface area contributed by atoms with Gasteiger partial charge in [-0.15, -0.1) is 0 Å². The fraction of sp³-hybridized carbons (Fsp3) is 0.348. The Bertz CT molecular complexity index is 1070. The summed E-state index contributed by atoms with van der Waals surface area (Å²) in [4.78, 5) is 42.4. The maximum Gasteiger partial charge on any atom is 0.418 e. The molecule has 2 saturated heterocycles. The van der Waals surface area contributed by atoms with E-state index in [0.29, 0.717) is 30.9 Å². The van der Waals surface area contributed by atoms with E-state index in [2.05, 4.69) is 5.32 Å². The van der Waals surface area contributed by atoms with Gasteiger partial charge in [-0.05, 0) is 23.6 Å². The molecule has 3 atom stereocenters. The van der Waals surface area contributed by atoms with Gasteiger partial charge in [0, 0.05) is 13.1 Å². The van der Waals surface area contributed by atoms with Crippen LogP contribution < -0.4 is 10.1 Å². The maximum atomic E-state index is 13.6. The third kappa shape index (κ3) is 2.57. The van der Waals surface area contributed by atoms with Crippen molar-refractivity contribution in [2.45, 2.75) is 24.5 Å². The molecule has 0 saturated carbocycles. The van der Waals surface area contributed by atoms with E-state index in [1.807, 2.05) is 48.5 Å². The predicted octanol–water partition coefficient (Wildman–Crippen LogP) is 2.34. The highest BCUT2D eigenvalue weighted by Crippen LogP contribution is 2.58. The molecule has 5 rings (SSSR count). The Morgan fingerprint density at radius 1 is 1.10 bits per heavy atom. The largest absolute Gasteiger partial charge is 0.495 e. The van der Waals surface area contributed by atoms with Crippen LogP contribution in [0.1, 0.15) is 17.5 Å². The van der Waals surface area contributed by atoms with Crippen molar-refractivity contribution in [3.63, 3.8) is 0 Å². The first kappa shape index (κ1) is 19.4. The highest BCUT2D eigenvalue weighted by atomic mass is 16.5. The van der Waals surface area contributed by atoms with Crippen LogP contribution in [0.25, 0.3) is 0 Å². The summed E-state index contributed by atoms with van der Waals surface area (Å²) in [5.74, 6) is -1.19. The summed E-state index contributed by atoms with van der Waals surface area (Å²) in [6.45, 7) is 0.891. The molecular weight excluding hydrogens is 398 g/mol. The number of likely N-dealkylation sites (tertiary alicyclic amines) is 2. The lowest BCUT2D eigenvalue weighted by Gasteiger charge is -2.41. The number of imide groups is 1. The quantitative estimate of drug-likeness (QED) is 0.766. The molecule has 31 heavy (non-hydrogen) atoms. The maximum absolute atomic E-state index is 13.6. The van der Waals surface area contributed by atoms with Gasteiger partial charge in [0.05, 0.1) is 25.3 Å². The summed E-state index contributed by atoms with van der Waals surface area (Å²) in [6.07, 6.45) is -0.940. The Balaban J connectivity index is 1.60. The number of nitrogens with one attached hydrogen (secondary N) is 1. The number of benzene rings is 2. The van der Waals surface area contributed by atoms with Crippen molar-refractivity contribution in [2.75, 3.05) is 26.1 Å². The Morgan fingerprint density at radius 3 is 2.58 bits per heavy atom. The van der Waals surface area contributed by atoms with Crippen molar-refractivity contribution in [1.82, 2.24) is 9.80 Å². The van der Waals surface area contributed by atoms with Gasteiger partial charge in [-0.1, -0.05) is 42.5 Å². The summed E-state index contributed by atoms with van der Waals surface area (Å²) < 4.78 is 10.4. The number of methoxy groups -OCH3 is 2. The molecule has 160 valence electrons. The Labute approximate surface area is 179 Å². The summed E-state index contributed by atoms with van der Waals surface area (Å²) in [7, 11) is 2.80. The number of hydrogen-bond acceptors (Lipinski definition) is 6. The van der Waals surface area contributed by atoms with Gasteiger partial charge in [0.1, 0.15) is 17.8 Å². The zero-order chi connectivity index (χ0) is 21.8. The highest BCUT2D eigenvalue weighted by molar-refractivity contribution is 6.11. The summed E-state index contributed by atoms with van der Waals surface area (Å²) in [5.41, 5.74) is 1.67. The molecule has 1 N–H and O–H groups in total. The fourth-order valence-electron chi connectivity index (χ4n) is 5.35. The van der Waals surface area contributed by atoms with Crippen molar-refractivity contribution in [3.05, 3.63) is 59.7 Å². The highest BCUT2D eigenvalue weighted by Gasteiger charge is 2.70. The van der Waals surface area contributed by atoms with Crippen LogP contribution in [0.3, 0.4) is 0 Å². The Hall–Kier alpha value is -3.55. The lowest BCUT2D eigenvalue weighted by molar-refractivity contribution is -0.147. The monoisotopic (exact) mass is 421 g/mol. The average Bonchev–Trinajstić information content (AvgIpc) is 3.23. The number of amides is 3. The zero-order valence-corrected chi connectivity index (χ0v) is 17.3. The smallest absolute Gasteiger partial charge is 0.418 e. The second kappa shape index (κ2) is 7.01. The normalized spacial score (nSPS) is 26.1. The Kier molecular flexibility index (Phi) is 4.39. The number of ether oxygens (including phenoxy) is 2. The van der Waals surface area contributed by atoms with E-state index in [1.54, 1.807) is 12.0 Å². The number of hydrogen-bond donors (Lipinski definition) is 1. The standard InChI is InChI=1S/C23H23N3O5/c1-30-16-10-6-9-15-18(16)24-21-23(15)11-12-25(13-14-7-4-3-5-8-14)19(27)17(23)20(28)26(21)22(29)31-2/h3-10,17,21,24H,11-13H2,1-2H3/t17-,21-,23+/m0/s1. The molecule has 0 aromatic heterocycles. The first-order chi connectivity index (χ1) is 15.0. The number of carbonyl (C=O) groups is 3. The van der Waals surface area contributed by atoms with Crippen LogP contribution in [0, 0.1) is 5.92 Å². The SMILES string of the molecule is COC(=O)N1C(=O)[C@@H]2C(=O)N(Cc3ccccc3)CC[C@@]23c2cccc(OC)c2N[C@@H]13. The molecule has 0 unspecified atom stereocenters. The van der Waals surface area contributed by atoms with Crippen LogP contribution in [0.15, 0.2) is 48.5 Å². The second-order valence-electron chi connectivity index (χ2n) is 8.08. The van der Waals surface area contributed by atoms with Gasteiger partial charge in [0.15, 0.2) is 0 Å². The topological polar surface area (TPSA) is 88.2 Å². The molecule has 8 nitrogen and oxygen atoms in total. The lowest BCUT2D eigenvalue weighted by Crippen LogP contribution is -2.55. The van der Waals surface area contributed by atoms with Gasteiger partial charge in [-0.3, -0.25) is 9.59 Å². The van der Waals surface area contributed by atoms with Crippen LogP contribution >= 0.6 is 0 Å². The van der Waals surface area contributed by atoms with Gasteiger partial charge in [0.2, 0.25) is 11.8 Å².